The van der Waals surface area contributed by atoms with Crippen molar-refractivity contribution in [3.63, 3.8) is 0 Å². The molecule has 4 heteroatoms. The molecule has 1 fully saturated rings. The van der Waals surface area contributed by atoms with E-state index in [0.717, 1.165) is 25.9 Å². The van der Waals surface area contributed by atoms with Gasteiger partial charge in [-0.25, -0.2) is 0 Å². The summed E-state index contributed by atoms with van der Waals surface area (Å²) >= 11 is 0. The van der Waals surface area contributed by atoms with E-state index in [1.54, 1.807) is 0 Å². The van der Waals surface area contributed by atoms with Crippen LogP contribution in [-0.2, 0) is 4.79 Å². The number of nitrogens with zero attached hydrogens (tertiary/aromatic N) is 2. The second kappa shape index (κ2) is 5.15. The van der Waals surface area contributed by atoms with Gasteiger partial charge in [-0.2, -0.15) is 0 Å². The van der Waals surface area contributed by atoms with Crippen LogP contribution in [-0.4, -0.2) is 54.5 Å². The third-order valence-electron chi connectivity index (χ3n) is 2.88. The molecule has 1 heterocycles. The van der Waals surface area contributed by atoms with Gasteiger partial charge in [-0.1, -0.05) is 0 Å². The first-order valence-corrected chi connectivity index (χ1v) is 6.03. The van der Waals surface area contributed by atoms with Crippen LogP contribution in [0.1, 0.15) is 33.1 Å². The number of carbonyl (C=O) groups excluding carboxylic acids is 1. The molecule has 0 spiro atoms. The van der Waals surface area contributed by atoms with E-state index in [1.807, 2.05) is 32.8 Å². The van der Waals surface area contributed by atoms with E-state index >= 15 is 0 Å². The Kier molecular flexibility index (Phi) is 4.33. The van der Waals surface area contributed by atoms with Crippen molar-refractivity contribution in [1.29, 1.82) is 0 Å². The summed E-state index contributed by atoms with van der Waals surface area (Å²) in [7, 11) is 4.10. The number of amides is 1. The Morgan fingerprint density at radius 2 is 2.12 bits per heavy atom. The predicted octanol–water partition coefficient (Wildman–Crippen LogP) is 0.666. The van der Waals surface area contributed by atoms with Gasteiger partial charge in [0.2, 0.25) is 5.91 Å². The first kappa shape index (κ1) is 13.5. The summed E-state index contributed by atoms with van der Waals surface area (Å²) in [6.45, 7) is 5.66. The maximum absolute atomic E-state index is 12.1. The number of likely N-dealkylation sites (tertiary alicyclic amines) is 1. The van der Waals surface area contributed by atoms with Gasteiger partial charge in [0, 0.05) is 31.1 Å². The Labute approximate surface area is 98.8 Å². The first-order valence-electron chi connectivity index (χ1n) is 6.03. The van der Waals surface area contributed by atoms with Crippen molar-refractivity contribution in [3.8, 4) is 0 Å². The van der Waals surface area contributed by atoms with Crippen molar-refractivity contribution in [2.24, 2.45) is 5.73 Å². The van der Waals surface area contributed by atoms with Crippen LogP contribution in [0.2, 0.25) is 0 Å². The van der Waals surface area contributed by atoms with Crippen LogP contribution in [0.5, 0.6) is 0 Å². The van der Waals surface area contributed by atoms with Crippen molar-refractivity contribution in [2.45, 2.75) is 44.7 Å². The zero-order valence-electron chi connectivity index (χ0n) is 11.0. The lowest BCUT2D eigenvalue weighted by Crippen LogP contribution is -2.45. The van der Waals surface area contributed by atoms with E-state index in [-0.39, 0.29) is 5.91 Å². The molecule has 0 aromatic heterocycles. The fourth-order valence-electron chi connectivity index (χ4n) is 2.27. The summed E-state index contributed by atoms with van der Waals surface area (Å²) < 4.78 is 0. The predicted molar refractivity (Wildman–Crippen MR) is 66.2 cm³/mol. The summed E-state index contributed by atoms with van der Waals surface area (Å²) in [4.78, 5) is 16.2. The molecule has 4 nitrogen and oxygen atoms in total. The van der Waals surface area contributed by atoms with Gasteiger partial charge >= 0.3 is 0 Å². The minimum atomic E-state index is -0.400. The zero-order valence-corrected chi connectivity index (χ0v) is 11.0. The number of hydrogen-bond donors (Lipinski definition) is 1. The van der Waals surface area contributed by atoms with Gasteiger partial charge in [0.15, 0.2) is 0 Å². The highest BCUT2D eigenvalue weighted by atomic mass is 16.2. The molecule has 0 aliphatic carbocycles. The van der Waals surface area contributed by atoms with E-state index in [2.05, 4.69) is 4.90 Å². The summed E-state index contributed by atoms with van der Waals surface area (Å²) in [5, 5.41) is 0. The third-order valence-corrected chi connectivity index (χ3v) is 2.88. The van der Waals surface area contributed by atoms with Crippen molar-refractivity contribution in [2.75, 3.05) is 27.2 Å². The summed E-state index contributed by atoms with van der Waals surface area (Å²) in [5.74, 6) is 0.205. The lowest BCUT2D eigenvalue weighted by atomic mass is 10.0. The fraction of sp³-hybridized carbons (Fsp3) is 0.917. The van der Waals surface area contributed by atoms with Crippen molar-refractivity contribution >= 4 is 5.91 Å². The van der Waals surface area contributed by atoms with Crippen LogP contribution in [0.15, 0.2) is 0 Å². The van der Waals surface area contributed by atoms with E-state index in [9.17, 15) is 4.79 Å². The van der Waals surface area contributed by atoms with Crippen LogP contribution < -0.4 is 5.73 Å². The highest BCUT2D eigenvalue weighted by molar-refractivity contribution is 5.78. The molecule has 1 aliphatic rings. The molecular weight excluding hydrogens is 202 g/mol. The van der Waals surface area contributed by atoms with E-state index in [0.29, 0.717) is 12.5 Å². The van der Waals surface area contributed by atoms with E-state index in [4.69, 9.17) is 5.73 Å². The zero-order chi connectivity index (χ0) is 12.3. The smallest absolute Gasteiger partial charge is 0.224 e. The highest BCUT2D eigenvalue weighted by Gasteiger charge is 2.30. The molecule has 1 unspecified atom stereocenters. The fourth-order valence-corrected chi connectivity index (χ4v) is 2.27. The van der Waals surface area contributed by atoms with Gasteiger partial charge in [-0.3, -0.25) is 4.79 Å². The number of likely N-dealkylation sites (N-methyl/N-ethyl adjacent to an activating group) is 1. The normalized spacial score (nSPS) is 21.9. The number of carbonyl (C=O) groups is 1. The second-order valence-electron chi connectivity index (χ2n) is 5.81. The minimum absolute atomic E-state index is 0.205. The molecule has 1 amide bonds. The Morgan fingerprint density at radius 3 is 2.62 bits per heavy atom. The average Bonchev–Trinajstić information content (AvgIpc) is 2.47. The molecule has 2 N–H and O–H groups in total. The molecule has 0 radical (unpaired) electrons. The van der Waals surface area contributed by atoms with Gasteiger partial charge in [-0.05, 0) is 40.8 Å². The maximum atomic E-state index is 12.1. The van der Waals surface area contributed by atoms with Gasteiger partial charge in [-0.15, -0.1) is 0 Å². The molecule has 0 aromatic rings. The van der Waals surface area contributed by atoms with Crippen molar-refractivity contribution in [1.82, 2.24) is 9.80 Å². The Balaban J connectivity index is 2.54. The second-order valence-corrected chi connectivity index (χ2v) is 5.81. The van der Waals surface area contributed by atoms with Crippen LogP contribution in [0.25, 0.3) is 0 Å². The summed E-state index contributed by atoms with van der Waals surface area (Å²) in [6.07, 6.45) is 2.68. The standard InChI is InChI=1S/C12H25N3O/c1-12(2,13)8-11(16)15-7-5-6-10(15)9-14(3)4/h10H,5-9,13H2,1-4H3. The Morgan fingerprint density at radius 1 is 1.50 bits per heavy atom. The summed E-state index contributed by atoms with van der Waals surface area (Å²) in [6, 6.07) is 0.379. The SMILES string of the molecule is CN(C)CC1CCCN1C(=O)CC(C)(C)N. The molecule has 1 aliphatic heterocycles. The molecule has 0 saturated carbocycles. The Bertz CT molecular complexity index is 245. The van der Waals surface area contributed by atoms with Gasteiger partial charge in [0.25, 0.3) is 0 Å². The highest BCUT2D eigenvalue weighted by Crippen LogP contribution is 2.20. The van der Waals surface area contributed by atoms with Crippen LogP contribution in [0.3, 0.4) is 0 Å². The molecule has 0 bridgehead atoms. The Hall–Kier alpha value is -0.610. The molecule has 0 aromatic carbocycles. The number of nitrogens with two attached hydrogens (primary N) is 1. The van der Waals surface area contributed by atoms with Gasteiger partial charge in [0.1, 0.15) is 0 Å². The molecule has 16 heavy (non-hydrogen) atoms. The first-order chi connectivity index (χ1) is 7.29. The lowest BCUT2D eigenvalue weighted by Gasteiger charge is -2.29. The third kappa shape index (κ3) is 4.10. The number of hydrogen-bond acceptors (Lipinski definition) is 3. The maximum Gasteiger partial charge on any atom is 0.224 e. The molecular formula is C12H25N3O. The van der Waals surface area contributed by atoms with Crippen molar-refractivity contribution in [3.05, 3.63) is 0 Å². The molecule has 1 atom stereocenters. The summed E-state index contributed by atoms with van der Waals surface area (Å²) in [5.41, 5.74) is 5.49. The van der Waals surface area contributed by atoms with Crippen LogP contribution in [0, 0.1) is 0 Å². The van der Waals surface area contributed by atoms with Crippen molar-refractivity contribution < 1.29 is 4.79 Å². The largest absolute Gasteiger partial charge is 0.338 e. The van der Waals surface area contributed by atoms with Gasteiger partial charge in [0.05, 0.1) is 0 Å². The lowest BCUT2D eigenvalue weighted by molar-refractivity contribution is -0.133. The quantitative estimate of drug-likeness (QED) is 0.768. The van der Waals surface area contributed by atoms with Crippen LogP contribution >= 0.6 is 0 Å². The van der Waals surface area contributed by atoms with E-state index in [1.165, 1.54) is 0 Å². The molecule has 1 rings (SSSR count). The monoisotopic (exact) mass is 227 g/mol. The minimum Gasteiger partial charge on any atom is -0.338 e. The van der Waals surface area contributed by atoms with Crippen LogP contribution in [0.4, 0.5) is 0 Å². The molecule has 94 valence electrons. The average molecular weight is 227 g/mol. The topological polar surface area (TPSA) is 49.6 Å². The van der Waals surface area contributed by atoms with Gasteiger partial charge < -0.3 is 15.5 Å². The number of rotatable bonds is 4. The molecule has 1 saturated heterocycles. The van der Waals surface area contributed by atoms with E-state index < -0.39 is 5.54 Å².